The van der Waals surface area contributed by atoms with E-state index in [-0.39, 0.29) is 15.7 Å². The summed E-state index contributed by atoms with van der Waals surface area (Å²) in [5, 5.41) is 0.467. The standard InChI is InChI=1S/C12H8Cl2F3N/c1-2-6-3-7-4-8(13)5-9(12(15,16)17)10(7)18-11(6)14/h3-5H,2H2,1H3. The van der Waals surface area contributed by atoms with Crippen LogP contribution in [0.25, 0.3) is 10.9 Å². The summed E-state index contributed by atoms with van der Waals surface area (Å²) in [6, 6.07) is 3.90. The van der Waals surface area contributed by atoms with E-state index in [9.17, 15) is 13.2 Å². The van der Waals surface area contributed by atoms with Crippen LogP contribution in [-0.2, 0) is 12.6 Å². The van der Waals surface area contributed by atoms with E-state index in [1.807, 2.05) is 6.92 Å². The average Bonchev–Trinajstić information content (AvgIpc) is 2.26. The van der Waals surface area contributed by atoms with Crippen molar-refractivity contribution in [3.05, 3.63) is 39.5 Å². The summed E-state index contributed by atoms with van der Waals surface area (Å²) in [4.78, 5) is 3.84. The third kappa shape index (κ3) is 2.40. The minimum atomic E-state index is -4.51. The molecule has 6 heteroatoms. The molecule has 1 aromatic carbocycles. The van der Waals surface area contributed by atoms with E-state index in [2.05, 4.69) is 4.98 Å². The third-order valence-electron chi connectivity index (χ3n) is 2.60. The molecule has 0 atom stereocenters. The van der Waals surface area contributed by atoms with Crippen LogP contribution in [0.1, 0.15) is 18.1 Å². The molecule has 0 aliphatic carbocycles. The maximum absolute atomic E-state index is 12.9. The summed E-state index contributed by atoms with van der Waals surface area (Å²) in [7, 11) is 0. The minimum absolute atomic E-state index is 0.0287. The summed E-state index contributed by atoms with van der Waals surface area (Å²) in [5.41, 5.74) is -0.344. The first-order chi connectivity index (χ1) is 8.32. The quantitative estimate of drug-likeness (QED) is 0.665. The molecule has 0 radical (unpaired) electrons. The molecule has 0 spiro atoms. The average molecular weight is 294 g/mol. The van der Waals surface area contributed by atoms with Crippen molar-refractivity contribution < 1.29 is 13.2 Å². The lowest BCUT2D eigenvalue weighted by Gasteiger charge is -2.12. The van der Waals surface area contributed by atoms with Gasteiger partial charge in [-0.15, -0.1) is 0 Å². The van der Waals surface area contributed by atoms with Gasteiger partial charge in [0.1, 0.15) is 5.15 Å². The zero-order valence-corrected chi connectivity index (χ0v) is 10.8. The molecule has 0 fully saturated rings. The molecule has 0 aliphatic rings. The highest BCUT2D eigenvalue weighted by atomic mass is 35.5. The Morgan fingerprint density at radius 1 is 1.17 bits per heavy atom. The van der Waals surface area contributed by atoms with Crippen molar-refractivity contribution >= 4 is 34.1 Å². The zero-order valence-electron chi connectivity index (χ0n) is 9.28. The topological polar surface area (TPSA) is 12.9 Å². The van der Waals surface area contributed by atoms with Crippen molar-refractivity contribution in [2.45, 2.75) is 19.5 Å². The number of hydrogen-bond donors (Lipinski definition) is 0. The maximum atomic E-state index is 12.9. The first-order valence-electron chi connectivity index (χ1n) is 5.18. The Labute approximate surface area is 112 Å². The van der Waals surface area contributed by atoms with Gasteiger partial charge in [0.2, 0.25) is 0 Å². The molecule has 0 saturated carbocycles. The molecule has 0 N–H and O–H groups in total. The van der Waals surface area contributed by atoms with Crippen LogP contribution in [0.2, 0.25) is 10.2 Å². The monoisotopic (exact) mass is 293 g/mol. The van der Waals surface area contributed by atoms with Gasteiger partial charge in [-0.25, -0.2) is 4.98 Å². The predicted octanol–water partition coefficient (Wildman–Crippen LogP) is 5.12. The highest BCUT2D eigenvalue weighted by Crippen LogP contribution is 2.37. The molecule has 1 heterocycles. The van der Waals surface area contributed by atoms with Crippen LogP contribution in [0.4, 0.5) is 13.2 Å². The number of aromatic nitrogens is 1. The van der Waals surface area contributed by atoms with Crippen molar-refractivity contribution in [1.29, 1.82) is 0 Å². The normalized spacial score (nSPS) is 12.1. The number of pyridine rings is 1. The zero-order chi connectivity index (χ0) is 13.5. The van der Waals surface area contributed by atoms with E-state index in [0.29, 0.717) is 17.4 Å². The van der Waals surface area contributed by atoms with E-state index in [4.69, 9.17) is 23.2 Å². The van der Waals surface area contributed by atoms with Crippen LogP contribution in [0, 0.1) is 0 Å². The second kappa shape index (κ2) is 4.59. The Morgan fingerprint density at radius 2 is 1.83 bits per heavy atom. The molecular formula is C12H8Cl2F3N. The number of nitrogens with zero attached hydrogens (tertiary/aromatic N) is 1. The van der Waals surface area contributed by atoms with Gasteiger partial charge in [-0.05, 0) is 30.2 Å². The SMILES string of the molecule is CCc1cc2cc(Cl)cc(C(F)(F)F)c2nc1Cl. The van der Waals surface area contributed by atoms with Crippen molar-refractivity contribution in [1.82, 2.24) is 4.98 Å². The number of alkyl halides is 3. The van der Waals surface area contributed by atoms with Gasteiger partial charge in [-0.3, -0.25) is 0 Å². The van der Waals surface area contributed by atoms with E-state index in [1.54, 1.807) is 6.07 Å². The van der Waals surface area contributed by atoms with Crippen LogP contribution in [0.3, 0.4) is 0 Å². The van der Waals surface area contributed by atoms with E-state index in [1.165, 1.54) is 6.07 Å². The van der Waals surface area contributed by atoms with Crippen LogP contribution in [-0.4, -0.2) is 4.98 Å². The van der Waals surface area contributed by atoms with E-state index in [0.717, 1.165) is 6.07 Å². The molecule has 18 heavy (non-hydrogen) atoms. The van der Waals surface area contributed by atoms with Crippen LogP contribution < -0.4 is 0 Å². The highest BCUT2D eigenvalue weighted by Gasteiger charge is 2.34. The van der Waals surface area contributed by atoms with Crippen LogP contribution in [0.5, 0.6) is 0 Å². The van der Waals surface area contributed by atoms with Crippen molar-refractivity contribution in [2.24, 2.45) is 0 Å². The van der Waals surface area contributed by atoms with Gasteiger partial charge in [-0.2, -0.15) is 13.2 Å². The van der Waals surface area contributed by atoms with Gasteiger partial charge < -0.3 is 0 Å². The lowest BCUT2D eigenvalue weighted by atomic mass is 10.1. The molecule has 1 aromatic heterocycles. The molecule has 0 amide bonds. The molecule has 96 valence electrons. The highest BCUT2D eigenvalue weighted by molar-refractivity contribution is 6.32. The van der Waals surface area contributed by atoms with Crippen molar-refractivity contribution in [2.75, 3.05) is 0 Å². The first kappa shape index (κ1) is 13.4. The first-order valence-corrected chi connectivity index (χ1v) is 5.94. The second-order valence-electron chi connectivity index (χ2n) is 3.81. The fourth-order valence-corrected chi connectivity index (χ4v) is 2.24. The second-order valence-corrected chi connectivity index (χ2v) is 4.61. The Hall–Kier alpha value is -1.00. The Kier molecular flexibility index (Phi) is 3.43. The summed E-state index contributed by atoms with van der Waals surface area (Å²) >= 11 is 11.6. The van der Waals surface area contributed by atoms with Gasteiger partial charge in [0.05, 0.1) is 11.1 Å². The number of benzene rings is 1. The number of fused-ring (bicyclic) bond motifs is 1. The number of rotatable bonds is 1. The van der Waals surface area contributed by atoms with Gasteiger partial charge in [-0.1, -0.05) is 30.1 Å². The smallest absolute Gasteiger partial charge is 0.235 e. The van der Waals surface area contributed by atoms with Crippen molar-refractivity contribution in [3.63, 3.8) is 0 Å². The molecule has 2 rings (SSSR count). The van der Waals surface area contributed by atoms with E-state index >= 15 is 0 Å². The molecule has 2 aromatic rings. The summed E-state index contributed by atoms with van der Waals surface area (Å²) in [6.45, 7) is 1.85. The lowest BCUT2D eigenvalue weighted by molar-refractivity contribution is -0.136. The summed E-state index contributed by atoms with van der Waals surface area (Å²) in [6.07, 6.45) is -3.91. The summed E-state index contributed by atoms with van der Waals surface area (Å²) in [5.74, 6) is 0. The van der Waals surface area contributed by atoms with E-state index < -0.39 is 11.7 Å². The molecular weight excluding hydrogens is 286 g/mol. The van der Waals surface area contributed by atoms with Gasteiger partial charge >= 0.3 is 6.18 Å². The van der Waals surface area contributed by atoms with Gasteiger partial charge in [0.15, 0.2) is 0 Å². The molecule has 0 aliphatic heterocycles. The third-order valence-corrected chi connectivity index (χ3v) is 3.14. The maximum Gasteiger partial charge on any atom is 0.418 e. The van der Waals surface area contributed by atoms with Crippen LogP contribution in [0.15, 0.2) is 18.2 Å². The van der Waals surface area contributed by atoms with Gasteiger partial charge in [0.25, 0.3) is 0 Å². The lowest BCUT2D eigenvalue weighted by Crippen LogP contribution is -2.07. The van der Waals surface area contributed by atoms with Crippen LogP contribution >= 0.6 is 23.2 Å². The summed E-state index contributed by atoms with van der Waals surface area (Å²) < 4.78 is 38.6. The molecule has 0 saturated heterocycles. The Balaban J connectivity index is 2.84. The number of aryl methyl sites for hydroxylation is 1. The molecule has 0 unspecified atom stereocenters. The fraction of sp³-hybridized carbons (Fsp3) is 0.250. The fourth-order valence-electron chi connectivity index (χ4n) is 1.74. The molecule has 0 bridgehead atoms. The van der Waals surface area contributed by atoms with Gasteiger partial charge in [0, 0.05) is 10.4 Å². The number of hydrogen-bond acceptors (Lipinski definition) is 1. The predicted molar refractivity (Wildman–Crippen MR) is 66.1 cm³/mol. The molecule has 1 nitrogen and oxygen atoms in total. The largest absolute Gasteiger partial charge is 0.418 e. The minimum Gasteiger partial charge on any atom is -0.235 e. The Bertz CT molecular complexity index is 608. The number of halogens is 5. The van der Waals surface area contributed by atoms with Crippen molar-refractivity contribution in [3.8, 4) is 0 Å². The Morgan fingerprint density at radius 3 is 2.39 bits per heavy atom.